The van der Waals surface area contributed by atoms with Gasteiger partial charge in [0.1, 0.15) is 5.25 Å². The number of hydrogen-bond donors (Lipinski definition) is 1. The van der Waals surface area contributed by atoms with E-state index in [1.165, 1.54) is 16.7 Å². The molecule has 0 aromatic heterocycles. The number of nitrogens with one attached hydrogen (secondary N) is 1. The first-order valence-corrected chi connectivity index (χ1v) is 11.6. The van der Waals surface area contributed by atoms with Gasteiger partial charge in [0.15, 0.2) is 0 Å². The molecule has 7 heteroatoms. The number of rotatable bonds is 5. The molecule has 1 saturated carbocycles. The van der Waals surface area contributed by atoms with E-state index in [-0.39, 0.29) is 41.0 Å². The number of nitrogens with zero attached hydrogens (tertiary/aromatic N) is 2. The summed E-state index contributed by atoms with van der Waals surface area (Å²) in [5.74, 6) is 0.333. The van der Waals surface area contributed by atoms with Gasteiger partial charge >= 0.3 is 6.03 Å². The zero-order valence-corrected chi connectivity index (χ0v) is 18.4. The fourth-order valence-corrected chi connectivity index (χ4v) is 5.88. The molecule has 6 nitrogen and oxygen atoms in total. The number of carbonyl (C=O) groups excluding carboxylic acids is 3. The quantitative estimate of drug-likeness (QED) is 0.783. The summed E-state index contributed by atoms with van der Waals surface area (Å²) >= 11 is 1.51. The molecule has 2 fully saturated rings. The second-order valence-electron chi connectivity index (χ2n) is 8.56. The zero-order valence-electron chi connectivity index (χ0n) is 17.5. The van der Waals surface area contributed by atoms with Crippen molar-refractivity contribution in [3.63, 3.8) is 0 Å². The molecule has 1 aromatic carbocycles. The molecule has 0 spiro atoms. The van der Waals surface area contributed by atoms with Crippen LogP contribution >= 0.6 is 11.8 Å². The number of hydrogen-bond acceptors (Lipinski definition) is 4. The lowest BCUT2D eigenvalue weighted by atomic mass is 9.81. The van der Waals surface area contributed by atoms with Crippen LogP contribution < -0.4 is 5.32 Å². The fourth-order valence-electron chi connectivity index (χ4n) is 4.81. The Kier molecular flexibility index (Phi) is 6.18. The Morgan fingerprint density at radius 3 is 2.67 bits per heavy atom. The van der Waals surface area contributed by atoms with Gasteiger partial charge in [-0.3, -0.25) is 14.5 Å². The maximum absolute atomic E-state index is 13.4. The lowest BCUT2D eigenvalue weighted by molar-refractivity contribution is -0.132. The van der Waals surface area contributed by atoms with E-state index in [0.29, 0.717) is 13.1 Å². The summed E-state index contributed by atoms with van der Waals surface area (Å²) in [4.78, 5) is 41.7. The molecule has 2 aliphatic heterocycles. The SMILES string of the molecule is CNC(=O)C1CCC(CN2C(=O)C3SC=CC3N(Cc3cccc(C)c3)C2=O)CC1. The Balaban J connectivity index is 1.47. The van der Waals surface area contributed by atoms with E-state index >= 15 is 0 Å². The summed E-state index contributed by atoms with van der Waals surface area (Å²) in [7, 11) is 1.67. The van der Waals surface area contributed by atoms with Crippen molar-refractivity contribution >= 4 is 29.6 Å². The second kappa shape index (κ2) is 8.84. The molecule has 160 valence electrons. The van der Waals surface area contributed by atoms with Crippen LogP contribution in [0.3, 0.4) is 0 Å². The van der Waals surface area contributed by atoms with Crippen LogP contribution in [0.25, 0.3) is 0 Å². The highest BCUT2D eigenvalue weighted by Crippen LogP contribution is 2.37. The van der Waals surface area contributed by atoms with Crippen molar-refractivity contribution in [2.75, 3.05) is 13.6 Å². The van der Waals surface area contributed by atoms with Crippen LogP contribution in [0.4, 0.5) is 4.79 Å². The summed E-state index contributed by atoms with van der Waals surface area (Å²) in [6, 6.07) is 7.79. The van der Waals surface area contributed by atoms with Gasteiger partial charge in [-0.1, -0.05) is 35.9 Å². The van der Waals surface area contributed by atoms with Gasteiger partial charge in [0.25, 0.3) is 0 Å². The minimum absolute atomic E-state index is 0.0517. The lowest BCUT2D eigenvalue weighted by Gasteiger charge is -2.43. The molecular weight excluding hydrogens is 398 g/mol. The van der Waals surface area contributed by atoms with Crippen molar-refractivity contribution in [2.45, 2.75) is 50.4 Å². The van der Waals surface area contributed by atoms with Crippen molar-refractivity contribution < 1.29 is 14.4 Å². The molecule has 0 bridgehead atoms. The highest BCUT2D eigenvalue weighted by atomic mass is 32.2. The molecule has 3 aliphatic rings. The van der Waals surface area contributed by atoms with E-state index < -0.39 is 0 Å². The summed E-state index contributed by atoms with van der Waals surface area (Å²) in [5.41, 5.74) is 2.23. The number of benzene rings is 1. The van der Waals surface area contributed by atoms with Crippen LogP contribution in [0.5, 0.6) is 0 Å². The molecule has 4 amide bonds. The van der Waals surface area contributed by atoms with Gasteiger partial charge < -0.3 is 10.2 Å². The normalized spacial score (nSPS) is 28.6. The minimum atomic E-state index is -0.255. The van der Waals surface area contributed by atoms with Gasteiger partial charge in [0, 0.05) is 26.1 Å². The molecule has 1 N–H and O–H groups in total. The molecular formula is C23H29N3O3S. The fraction of sp³-hybridized carbons (Fsp3) is 0.522. The number of thioether (sulfide) groups is 1. The second-order valence-corrected chi connectivity index (χ2v) is 9.61. The van der Waals surface area contributed by atoms with E-state index in [4.69, 9.17) is 0 Å². The average Bonchev–Trinajstić information content (AvgIpc) is 3.24. The standard InChI is InChI=1S/C23H29N3O3S/c1-15-4-3-5-17(12-15)14-25-19-10-11-30-20(19)22(28)26(23(25)29)13-16-6-8-18(9-7-16)21(27)24-2/h3-5,10-12,16,18-20H,6-9,13-14H2,1-2H3,(H,24,27). The molecule has 4 rings (SSSR count). The first-order valence-electron chi connectivity index (χ1n) is 10.7. The Morgan fingerprint density at radius 1 is 1.20 bits per heavy atom. The highest BCUT2D eigenvalue weighted by molar-refractivity contribution is 8.03. The molecule has 2 unspecified atom stereocenters. The summed E-state index contributed by atoms with van der Waals surface area (Å²) < 4.78 is 0. The molecule has 0 radical (unpaired) electrons. The number of imide groups is 1. The topological polar surface area (TPSA) is 69.7 Å². The summed E-state index contributed by atoms with van der Waals surface area (Å²) in [6.45, 7) is 2.99. The molecule has 30 heavy (non-hydrogen) atoms. The predicted octanol–water partition coefficient (Wildman–Crippen LogP) is 3.31. The van der Waals surface area contributed by atoms with E-state index in [1.807, 2.05) is 41.5 Å². The highest BCUT2D eigenvalue weighted by Gasteiger charge is 2.47. The van der Waals surface area contributed by atoms with Crippen LogP contribution in [-0.2, 0) is 16.1 Å². The number of urea groups is 1. The van der Waals surface area contributed by atoms with Crippen molar-refractivity contribution in [1.82, 2.24) is 15.1 Å². The maximum Gasteiger partial charge on any atom is 0.327 e. The van der Waals surface area contributed by atoms with Gasteiger partial charge in [0.05, 0.1) is 6.04 Å². The molecule has 2 heterocycles. The third-order valence-electron chi connectivity index (χ3n) is 6.50. The number of carbonyl (C=O) groups is 3. The predicted molar refractivity (Wildman–Crippen MR) is 118 cm³/mol. The van der Waals surface area contributed by atoms with Gasteiger partial charge in [-0.25, -0.2) is 4.79 Å². The zero-order chi connectivity index (χ0) is 21.3. The lowest BCUT2D eigenvalue weighted by Crippen LogP contribution is -2.62. The molecule has 1 saturated heterocycles. The van der Waals surface area contributed by atoms with E-state index in [9.17, 15) is 14.4 Å². The van der Waals surface area contributed by atoms with E-state index in [0.717, 1.165) is 36.8 Å². The number of aryl methyl sites for hydroxylation is 1. The number of amides is 4. The molecule has 2 atom stereocenters. The van der Waals surface area contributed by atoms with E-state index in [1.54, 1.807) is 7.05 Å². The van der Waals surface area contributed by atoms with Gasteiger partial charge in [-0.2, -0.15) is 0 Å². The monoisotopic (exact) mass is 427 g/mol. The minimum Gasteiger partial charge on any atom is -0.359 e. The van der Waals surface area contributed by atoms with Crippen molar-refractivity contribution in [3.05, 3.63) is 46.9 Å². The first-order chi connectivity index (χ1) is 14.5. The molecule has 1 aromatic rings. The summed E-state index contributed by atoms with van der Waals surface area (Å²) in [5, 5.41) is 4.42. The van der Waals surface area contributed by atoms with Crippen LogP contribution in [0.2, 0.25) is 0 Å². The van der Waals surface area contributed by atoms with E-state index in [2.05, 4.69) is 11.4 Å². The van der Waals surface area contributed by atoms with Crippen LogP contribution in [0, 0.1) is 18.8 Å². The Bertz CT molecular complexity index is 863. The Morgan fingerprint density at radius 2 is 1.97 bits per heavy atom. The van der Waals surface area contributed by atoms with Crippen molar-refractivity contribution in [1.29, 1.82) is 0 Å². The van der Waals surface area contributed by atoms with Crippen LogP contribution in [-0.4, -0.2) is 52.5 Å². The third-order valence-corrected chi connectivity index (χ3v) is 7.59. The van der Waals surface area contributed by atoms with Gasteiger partial charge in [-0.15, -0.1) is 11.8 Å². The van der Waals surface area contributed by atoms with Gasteiger partial charge in [-0.05, 0) is 49.5 Å². The van der Waals surface area contributed by atoms with Crippen LogP contribution in [0.1, 0.15) is 36.8 Å². The molecule has 1 aliphatic carbocycles. The van der Waals surface area contributed by atoms with Crippen molar-refractivity contribution in [2.24, 2.45) is 11.8 Å². The largest absolute Gasteiger partial charge is 0.359 e. The smallest absolute Gasteiger partial charge is 0.327 e. The first kappa shape index (κ1) is 21.0. The Labute approximate surface area is 182 Å². The van der Waals surface area contributed by atoms with Crippen molar-refractivity contribution in [3.8, 4) is 0 Å². The number of fused-ring (bicyclic) bond motifs is 1. The maximum atomic E-state index is 13.4. The third kappa shape index (κ3) is 4.13. The van der Waals surface area contributed by atoms with Crippen LogP contribution in [0.15, 0.2) is 35.7 Å². The summed E-state index contributed by atoms with van der Waals surface area (Å²) in [6.07, 6.45) is 5.34. The Hall–Kier alpha value is -2.28. The van der Waals surface area contributed by atoms with Gasteiger partial charge in [0.2, 0.25) is 11.8 Å². The average molecular weight is 428 g/mol.